The average molecular weight is 363 g/mol. The molecule has 0 bridgehead atoms. The van der Waals surface area contributed by atoms with E-state index in [0.29, 0.717) is 6.07 Å². The van der Waals surface area contributed by atoms with Crippen molar-refractivity contribution < 1.29 is 36.2 Å². The lowest BCUT2D eigenvalue weighted by Gasteiger charge is -2.12. The topological polar surface area (TPSA) is 35.5 Å². The van der Waals surface area contributed by atoms with Crippen molar-refractivity contribution in [3.63, 3.8) is 0 Å². The van der Waals surface area contributed by atoms with Crippen LogP contribution in [0.1, 0.15) is 5.56 Å². The third-order valence-electron chi connectivity index (χ3n) is 1.95. The van der Waals surface area contributed by atoms with Crippen LogP contribution in [-0.2, 0) is 11.2 Å². The Labute approximate surface area is 118 Å². The SMILES string of the molecule is O=C(CBr)Cc1cc(OC(F)F)cc(OC(F)(F)F)c1. The number of rotatable bonds is 6. The summed E-state index contributed by atoms with van der Waals surface area (Å²) in [5.41, 5.74) is 0.0758. The first-order valence-electron chi connectivity index (χ1n) is 5.12. The Kier molecular flexibility index (Phi) is 5.73. The van der Waals surface area contributed by atoms with Gasteiger partial charge in [0.05, 0.1) is 5.33 Å². The summed E-state index contributed by atoms with van der Waals surface area (Å²) in [5, 5.41) is -0.0115. The van der Waals surface area contributed by atoms with Gasteiger partial charge in [0, 0.05) is 12.5 Å². The van der Waals surface area contributed by atoms with E-state index in [-0.39, 0.29) is 23.1 Å². The largest absolute Gasteiger partial charge is 0.573 e. The Hall–Kier alpha value is -1.38. The highest BCUT2D eigenvalue weighted by molar-refractivity contribution is 9.09. The summed E-state index contributed by atoms with van der Waals surface area (Å²) in [5.74, 6) is -1.58. The van der Waals surface area contributed by atoms with Gasteiger partial charge in [-0.25, -0.2) is 0 Å². The summed E-state index contributed by atoms with van der Waals surface area (Å²) in [7, 11) is 0. The van der Waals surface area contributed by atoms with Gasteiger partial charge in [0.1, 0.15) is 17.3 Å². The smallest absolute Gasteiger partial charge is 0.435 e. The Balaban J connectivity index is 3.03. The van der Waals surface area contributed by atoms with Gasteiger partial charge in [-0.3, -0.25) is 4.79 Å². The fraction of sp³-hybridized carbons (Fsp3) is 0.364. The Morgan fingerprint density at radius 1 is 1.20 bits per heavy atom. The van der Waals surface area contributed by atoms with Crippen molar-refractivity contribution in [2.45, 2.75) is 19.4 Å². The molecule has 0 atom stereocenters. The Bertz CT molecular complexity index is 476. The van der Waals surface area contributed by atoms with Crippen LogP contribution in [0.5, 0.6) is 11.5 Å². The van der Waals surface area contributed by atoms with Gasteiger partial charge < -0.3 is 9.47 Å². The van der Waals surface area contributed by atoms with Crippen LogP contribution in [-0.4, -0.2) is 24.1 Å². The average Bonchev–Trinajstić information content (AvgIpc) is 2.24. The first-order chi connectivity index (χ1) is 9.19. The Morgan fingerprint density at radius 2 is 1.80 bits per heavy atom. The maximum absolute atomic E-state index is 12.1. The molecule has 0 N–H and O–H groups in total. The van der Waals surface area contributed by atoms with E-state index in [1.165, 1.54) is 0 Å². The van der Waals surface area contributed by atoms with Crippen LogP contribution >= 0.6 is 15.9 Å². The highest BCUT2D eigenvalue weighted by Gasteiger charge is 2.31. The molecule has 1 aromatic carbocycles. The van der Waals surface area contributed by atoms with Crippen LogP contribution < -0.4 is 9.47 Å². The predicted molar refractivity (Wildman–Crippen MR) is 62.3 cm³/mol. The number of halogens is 6. The summed E-state index contributed by atoms with van der Waals surface area (Å²) in [6, 6.07) is 2.66. The number of benzene rings is 1. The first-order valence-corrected chi connectivity index (χ1v) is 6.24. The second kappa shape index (κ2) is 6.87. The lowest BCUT2D eigenvalue weighted by Crippen LogP contribution is -2.17. The third-order valence-corrected chi connectivity index (χ3v) is 2.57. The second-order valence-electron chi connectivity index (χ2n) is 3.59. The van der Waals surface area contributed by atoms with E-state index in [2.05, 4.69) is 25.4 Å². The highest BCUT2D eigenvalue weighted by Crippen LogP contribution is 2.29. The first kappa shape index (κ1) is 16.7. The van der Waals surface area contributed by atoms with Crippen LogP contribution in [0.2, 0.25) is 0 Å². The molecule has 0 radical (unpaired) electrons. The van der Waals surface area contributed by atoms with Crippen molar-refractivity contribution in [3.05, 3.63) is 23.8 Å². The monoisotopic (exact) mass is 362 g/mol. The minimum Gasteiger partial charge on any atom is -0.435 e. The molecule has 0 heterocycles. The number of alkyl halides is 6. The number of carbonyl (C=O) groups excluding carboxylic acids is 1. The van der Waals surface area contributed by atoms with E-state index in [0.717, 1.165) is 12.1 Å². The molecule has 0 aliphatic heterocycles. The lowest BCUT2D eigenvalue weighted by molar-refractivity contribution is -0.274. The van der Waals surface area contributed by atoms with Gasteiger partial charge in [0.2, 0.25) is 0 Å². The van der Waals surface area contributed by atoms with E-state index >= 15 is 0 Å². The molecule has 0 spiro atoms. The molecular formula is C11H8BrF5O3. The van der Waals surface area contributed by atoms with Gasteiger partial charge in [-0.15, -0.1) is 13.2 Å². The summed E-state index contributed by atoms with van der Waals surface area (Å²) in [6.45, 7) is -3.20. The number of ether oxygens (including phenoxy) is 2. The van der Waals surface area contributed by atoms with Gasteiger partial charge in [-0.2, -0.15) is 8.78 Å². The zero-order valence-electron chi connectivity index (χ0n) is 9.72. The molecule has 0 amide bonds. The van der Waals surface area contributed by atoms with E-state index in [4.69, 9.17) is 0 Å². The molecule has 0 saturated carbocycles. The zero-order valence-corrected chi connectivity index (χ0v) is 11.3. The molecule has 3 nitrogen and oxygen atoms in total. The van der Waals surface area contributed by atoms with E-state index in [1.54, 1.807) is 0 Å². The highest BCUT2D eigenvalue weighted by atomic mass is 79.9. The Morgan fingerprint density at radius 3 is 2.30 bits per heavy atom. The van der Waals surface area contributed by atoms with Crippen LogP contribution in [0.4, 0.5) is 22.0 Å². The molecule has 112 valence electrons. The third kappa shape index (κ3) is 6.18. The summed E-state index contributed by atoms with van der Waals surface area (Å²) in [6.07, 6.45) is -5.21. The molecule has 9 heteroatoms. The summed E-state index contributed by atoms with van der Waals surface area (Å²) >= 11 is 2.89. The molecular weight excluding hydrogens is 355 g/mol. The molecule has 0 aromatic heterocycles. The zero-order chi connectivity index (χ0) is 15.3. The number of Topliss-reactive ketones (excluding diaryl/α,β-unsaturated/α-hetero) is 1. The van der Waals surface area contributed by atoms with Crippen LogP contribution in [0.25, 0.3) is 0 Å². The molecule has 20 heavy (non-hydrogen) atoms. The van der Waals surface area contributed by atoms with Crippen molar-refractivity contribution in [2.24, 2.45) is 0 Å². The molecule has 0 unspecified atom stereocenters. The minimum atomic E-state index is -4.97. The normalized spacial score (nSPS) is 11.6. The summed E-state index contributed by atoms with van der Waals surface area (Å²) < 4.78 is 68.2. The van der Waals surface area contributed by atoms with E-state index in [1.807, 2.05) is 0 Å². The van der Waals surface area contributed by atoms with E-state index < -0.39 is 24.5 Å². The van der Waals surface area contributed by atoms with Crippen molar-refractivity contribution in [3.8, 4) is 11.5 Å². The number of hydrogen-bond acceptors (Lipinski definition) is 3. The van der Waals surface area contributed by atoms with Crippen LogP contribution in [0.15, 0.2) is 18.2 Å². The van der Waals surface area contributed by atoms with E-state index in [9.17, 15) is 26.7 Å². The number of carbonyl (C=O) groups is 1. The quantitative estimate of drug-likeness (QED) is 0.571. The molecule has 0 aliphatic rings. The molecule has 0 fully saturated rings. The van der Waals surface area contributed by atoms with Gasteiger partial charge in [-0.1, -0.05) is 15.9 Å². The van der Waals surface area contributed by atoms with Gasteiger partial charge in [0.25, 0.3) is 0 Å². The second-order valence-corrected chi connectivity index (χ2v) is 4.15. The van der Waals surface area contributed by atoms with Gasteiger partial charge >= 0.3 is 13.0 Å². The van der Waals surface area contributed by atoms with Gasteiger partial charge in [-0.05, 0) is 17.7 Å². The van der Waals surface area contributed by atoms with Crippen LogP contribution in [0.3, 0.4) is 0 Å². The van der Waals surface area contributed by atoms with Crippen LogP contribution in [0, 0.1) is 0 Å². The molecule has 0 aliphatic carbocycles. The fourth-order valence-corrected chi connectivity index (χ4v) is 1.57. The maximum atomic E-state index is 12.1. The van der Waals surface area contributed by atoms with Gasteiger partial charge in [0.15, 0.2) is 0 Å². The molecule has 1 rings (SSSR count). The maximum Gasteiger partial charge on any atom is 0.573 e. The van der Waals surface area contributed by atoms with Crippen molar-refractivity contribution in [1.82, 2.24) is 0 Å². The summed E-state index contributed by atoms with van der Waals surface area (Å²) in [4.78, 5) is 11.2. The number of hydrogen-bond donors (Lipinski definition) is 0. The predicted octanol–water partition coefficient (Wildman–Crippen LogP) is 3.69. The minimum absolute atomic E-state index is 0.0115. The van der Waals surface area contributed by atoms with Crippen molar-refractivity contribution in [2.75, 3.05) is 5.33 Å². The fourth-order valence-electron chi connectivity index (χ4n) is 1.37. The molecule has 1 aromatic rings. The van der Waals surface area contributed by atoms with Crippen molar-refractivity contribution >= 4 is 21.7 Å². The lowest BCUT2D eigenvalue weighted by atomic mass is 10.1. The number of ketones is 1. The molecule has 0 saturated heterocycles. The standard InChI is InChI=1S/C11H8BrF5O3/c12-5-7(18)1-6-2-8(19-10(13)14)4-9(3-6)20-11(15,16)17/h2-4,10H,1,5H2. The van der Waals surface area contributed by atoms with Crippen molar-refractivity contribution in [1.29, 1.82) is 0 Å².